The van der Waals surface area contributed by atoms with Crippen LogP contribution >= 0.6 is 0 Å². The third-order valence-corrected chi connectivity index (χ3v) is 4.70. The summed E-state index contributed by atoms with van der Waals surface area (Å²) < 4.78 is 6.29. The van der Waals surface area contributed by atoms with Crippen LogP contribution in [0.1, 0.15) is 5.56 Å². The minimum absolute atomic E-state index is 0.942. The average molecular weight is 308 g/mol. The molecule has 1 heteroatoms. The van der Waals surface area contributed by atoms with E-state index < -0.39 is 0 Å². The molecule has 0 saturated heterocycles. The topological polar surface area (TPSA) is 13.1 Å². The smallest absolute Gasteiger partial charge is 0.143 e. The molecule has 0 radical (unpaired) electrons. The first-order valence-electron chi connectivity index (χ1n) is 8.21. The van der Waals surface area contributed by atoms with Gasteiger partial charge in [0.15, 0.2) is 0 Å². The van der Waals surface area contributed by atoms with Crippen molar-refractivity contribution >= 4 is 32.7 Å². The van der Waals surface area contributed by atoms with Crippen molar-refractivity contribution in [1.29, 1.82) is 0 Å². The maximum absolute atomic E-state index is 6.29. The minimum atomic E-state index is 0.942. The molecule has 5 rings (SSSR count). The molecule has 1 aromatic heterocycles. The van der Waals surface area contributed by atoms with Crippen molar-refractivity contribution < 1.29 is 4.42 Å². The third-order valence-electron chi connectivity index (χ3n) is 4.70. The molecule has 0 saturated carbocycles. The molecule has 0 aliphatic rings. The lowest BCUT2D eigenvalue weighted by Crippen LogP contribution is -1.83. The summed E-state index contributed by atoms with van der Waals surface area (Å²) in [5.74, 6) is 0. The lowest BCUT2D eigenvalue weighted by atomic mass is 9.96. The van der Waals surface area contributed by atoms with Crippen molar-refractivity contribution in [3.8, 4) is 11.1 Å². The van der Waals surface area contributed by atoms with Gasteiger partial charge in [-0.3, -0.25) is 0 Å². The average Bonchev–Trinajstić information content (AvgIpc) is 3.01. The van der Waals surface area contributed by atoms with Crippen LogP contribution in [0, 0.1) is 6.92 Å². The summed E-state index contributed by atoms with van der Waals surface area (Å²) >= 11 is 0. The second-order valence-electron chi connectivity index (χ2n) is 6.32. The molecule has 0 amide bonds. The van der Waals surface area contributed by atoms with E-state index in [2.05, 4.69) is 73.7 Å². The Hall–Kier alpha value is -3.06. The van der Waals surface area contributed by atoms with Crippen LogP contribution in [0.25, 0.3) is 43.8 Å². The Labute approximate surface area is 140 Å². The predicted octanol–water partition coefficient (Wildman–Crippen LogP) is 6.71. The van der Waals surface area contributed by atoms with Crippen LogP contribution in [0.3, 0.4) is 0 Å². The number of aryl methyl sites for hydroxylation is 1. The van der Waals surface area contributed by atoms with E-state index >= 15 is 0 Å². The normalized spacial score (nSPS) is 11.5. The Balaban J connectivity index is 2.03. The predicted molar refractivity (Wildman–Crippen MR) is 101 cm³/mol. The van der Waals surface area contributed by atoms with Gasteiger partial charge in [-0.05, 0) is 35.4 Å². The van der Waals surface area contributed by atoms with Crippen LogP contribution in [-0.4, -0.2) is 0 Å². The Kier molecular flexibility index (Phi) is 2.77. The number of fused-ring (bicyclic) bond motifs is 5. The molecule has 24 heavy (non-hydrogen) atoms. The van der Waals surface area contributed by atoms with Crippen molar-refractivity contribution in [2.45, 2.75) is 6.92 Å². The number of hydrogen-bond donors (Lipinski definition) is 0. The maximum Gasteiger partial charge on any atom is 0.143 e. The van der Waals surface area contributed by atoms with E-state index in [1.807, 2.05) is 12.1 Å². The Morgan fingerprint density at radius 3 is 2.38 bits per heavy atom. The van der Waals surface area contributed by atoms with Crippen LogP contribution in [0.15, 0.2) is 83.3 Å². The van der Waals surface area contributed by atoms with Crippen LogP contribution in [0.4, 0.5) is 0 Å². The van der Waals surface area contributed by atoms with Gasteiger partial charge in [-0.25, -0.2) is 0 Å². The zero-order chi connectivity index (χ0) is 16.1. The van der Waals surface area contributed by atoms with Gasteiger partial charge in [-0.2, -0.15) is 0 Å². The molecule has 0 spiro atoms. The molecule has 0 bridgehead atoms. The second kappa shape index (κ2) is 4.97. The SMILES string of the molecule is Cc1cccc(-c2cc3ccccc3c3c2oc2ccccc23)c1. The monoisotopic (exact) mass is 308 g/mol. The Bertz CT molecular complexity index is 1210. The first kappa shape index (κ1) is 13.4. The highest BCUT2D eigenvalue weighted by Gasteiger charge is 2.15. The highest BCUT2D eigenvalue weighted by Crippen LogP contribution is 2.40. The van der Waals surface area contributed by atoms with Gasteiger partial charge in [-0.15, -0.1) is 0 Å². The van der Waals surface area contributed by atoms with Gasteiger partial charge in [0, 0.05) is 16.3 Å². The summed E-state index contributed by atoms with van der Waals surface area (Å²) in [5, 5.41) is 4.88. The first-order valence-corrected chi connectivity index (χ1v) is 8.21. The number of benzene rings is 4. The zero-order valence-electron chi connectivity index (χ0n) is 13.4. The van der Waals surface area contributed by atoms with E-state index in [1.54, 1.807) is 0 Å². The third kappa shape index (κ3) is 1.88. The van der Waals surface area contributed by atoms with E-state index in [1.165, 1.54) is 32.7 Å². The van der Waals surface area contributed by atoms with Crippen molar-refractivity contribution in [3.63, 3.8) is 0 Å². The van der Waals surface area contributed by atoms with Crippen molar-refractivity contribution in [2.75, 3.05) is 0 Å². The van der Waals surface area contributed by atoms with Crippen LogP contribution in [-0.2, 0) is 0 Å². The molecule has 0 atom stereocenters. The molecule has 0 unspecified atom stereocenters. The summed E-state index contributed by atoms with van der Waals surface area (Å²) in [6, 6.07) is 27.7. The molecule has 0 aliphatic heterocycles. The molecule has 1 nitrogen and oxygen atoms in total. The Morgan fingerprint density at radius 2 is 1.50 bits per heavy atom. The maximum atomic E-state index is 6.29. The fourth-order valence-corrected chi connectivity index (χ4v) is 3.60. The van der Waals surface area contributed by atoms with Gasteiger partial charge in [-0.1, -0.05) is 72.3 Å². The van der Waals surface area contributed by atoms with E-state index in [-0.39, 0.29) is 0 Å². The van der Waals surface area contributed by atoms with E-state index in [0.717, 1.165) is 16.7 Å². The molecule has 0 fully saturated rings. The van der Waals surface area contributed by atoms with Crippen molar-refractivity contribution in [2.24, 2.45) is 0 Å². The number of para-hydroxylation sites is 1. The fraction of sp³-hybridized carbons (Fsp3) is 0.0435. The van der Waals surface area contributed by atoms with Gasteiger partial charge in [0.1, 0.15) is 11.2 Å². The van der Waals surface area contributed by atoms with Gasteiger partial charge >= 0.3 is 0 Å². The summed E-state index contributed by atoms with van der Waals surface area (Å²) in [6.07, 6.45) is 0. The van der Waals surface area contributed by atoms with Gasteiger partial charge in [0.2, 0.25) is 0 Å². The molecular weight excluding hydrogens is 292 g/mol. The van der Waals surface area contributed by atoms with Crippen molar-refractivity contribution in [1.82, 2.24) is 0 Å². The molecule has 1 heterocycles. The molecule has 5 aromatic rings. The largest absolute Gasteiger partial charge is 0.455 e. The van der Waals surface area contributed by atoms with E-state index in [9.17, 15) is 0 Å². The minimum Gasteiger partial charge on any atom is -0.455 e. The molecule has 0 aliphatic carbocycles. The van der Waals surface area contributed by atoms with Crippen LogP contribution in [0.2, 0.25) is 0 Å². The lowest BCUT2D eigenvalue weighted by molar-refractivity contribution is 0.670. The summed E-state index contributed by atoms with van der Waals surface area (Å²) in [7, 11) is 0. The highest BCUT2D eigenvalue weighted by molar-refractivity contribution is 6.22. The number of rotatable bonds is 1. The molecular formula is C23H16O. The zero-order valence-corrected chi connectivity index (χ0v) is 13.4. The second-order valence-corrected chi connectivity index (χ2v) is 6.32. The lowest BCUT2D eigenvalue weighted by Gasteiger charge is -2.07. The summed E-state index contributed by atoms with van der Waals surface area (Å²) in [5.41, 5.74) is 5.52. The van der Waals surface area contributed by atoms with E-state index in [0.29, 0.717) is 0 Å². The van der Waals surface area contributed by atoms with Crippen molar-refractivity contribution in [3.05, 3.63) is 84.4 Å². The quantitative estimate of drug-likeness (QED) is 0.335. The Morgan fingerprint density at radius 1 is 0.708 bits per heavy atom. The first-order chi connectivity index (χ1) is 11.8. The molecule has 4 aromatic carbocycles. The van der Waals surface area contributed by atoms with Gasteiger partial charge < -0.3 is 4.42 Å². The standard InChI is InChI=1S/C23H16O/c1-15-7-6-9-16(13-15)20-14-17-8-2-3-10-18(17)22-19-11-4-5-12-21(19)24-23(20)22/h2-14H,1H3. The highest BCUT2D eigenvalue weighted by atomic mass is 16.3. The molecule has 114 valence electrons. The van der Waals surface area contributed by atoms with Gasteiger partial charge in [0.25, 0.3) is 0 Å². The number of furan rings is 1. The van der Waals surface area contributed by atoms with Crippen LogP contribution < -0.4 is 0 Å². The number of hydrogen-bond acceptors (Lipinski definition) is 1. The van der Waals surface area contributed by atoms with E-state index in [4.69, 9.17) is 4.42 Å². The summed E-state index contributed by atoms with van der Waals surface area (Å²) in [6.45, 7) is 2.13. The molecule has 0 N–H and O–H groups in total. The summed E-state index contributed by atoms with van der Waals surface area (Å²) in [4.78, 5) is 0. The van der Waals surface area contributed by atoms with Crippen LogP contribution in [0.5, 0.6) is 0 Å². The fourth-order valence-electron chi connectivity index (χ4n) is 3.60. The van der Waals surface area contributed by atoms with Gasteiger partial charge in [0.05, 0.1) is 0 Å².